The van der Waals surface area contributed by atoms with E-state index in [2.05, 4.69) is 0 Å². The van der Waals surface area contributed by atoms with Gasteiger partial charge in [-0.3, -0.25) is 9.59 Å². The van der Waals surface area contributed by atoms with Crippen molar-refractivity contribution in [3.63, 3.8) is 0 Å². The molecule has 1 aliphatic rings. The third-order valence-electron chi connectivity index (χ3n) is 4.81. The predicted molar refractivity (Wildman–Crippen MR) is 98.4 cm³/mol. The van der Waals surface area contributed by atoms with Crippen molar-refractivity contribution in [2.24, 2.45) is 0 Å². The Balaban J connectivity index is 1.51. The van der Waals surface area contributed by atoms with Crippen LogP contribution >= 0.6 is 0 Å². The number of amides is 2. The van der Waals surface area contributed by atoms with Crippen molar-refractivity contribution in [1.82, 2.24) is 9.80 Å². The van der Waals surface area contributed by atoms with E-state index in [1.54, 1.807) is 15.9 Å². The van der Waals surface area contributed by atoms with Crippen LogP contribution in [0.3, 0.4) is 0 Å². The summed E-state index contributed by atoms with van der Waals surface area (Å²) in [7, 11) is 0. The quantitative estimate of drug-likeness (QED) is 0.847. The lowest BCUT2D eigenvalue weighted by molar-refractivity contribution is -0.132. The first kappa shape index (κ1) is 18.1. The largest absolute Gasteiger partial charge is 0.339 e. The Morgan fingerprint density at radius 2 is 1.65 bits per heavy atom. The van der Waals surface area contributed by atoms with Crippen LogP contribution in [0.15, 0.2) is 48.5 Å². The van der Waals surface area contributed by atoms with Gasteiger partial charge >= 0.3 is 0 Å². The molecular formula is C21H23FN2O2. The van der Waals surface area contributed by atoms with E-state index >= 15 is 0 Å². The molecule has 0 aliphatic carbocycles. The Bertz CT molecular complexity index is 798. The van der Waals surface area contributed by atoms with E-state index < -0.39 is 0 Å². The SMILES string of the molecule is Cc1ccccc1C(=O)N1CCN(C(=O)CCc2cccc(F)c2)CC1. The van der Waals surface area contributed by atoms with E-state index in [4.69, 9.17) is 0 Å². The Kier molecular flexibility index (Phi) is 5.66. The Morgan fingerprint density at radius 1 is 0.962 bits per heavy atom. The summed E-state index contributed by atoms with van der Waals surface area (Å²) >= 11 is 0. The highest BCUT2D eigenvalue weighted by Crippen LogP contribution is 2.14. The molecular weight excluding hydrogens is 331 g/mol. The van der Waals surface area contributed by atoms with Crippen molar-refractivity contribution in [3.05, 3.63) is 71.0 Å². The van der Waals surface area contributed by atoms with Crippen LogP contribution in [-0.2, 0) is 11.2 Å². The van der Waals surface area contributed by atoms with Crippen LogP contribution in [-0.4, -0.2) is 47.8 Å². The number of carbonyl (C=O) groups is 2. The Hall–Kier alpha value is -2.69. The molecule has 0 N–H and O–H groups in total. The topological polar surface area (TPSA) is 40.6 Å². The zero-order valence-electron chi connectivity index (χ0n) is 15.0. The van der Waals surface area contributed by atoms with Crippen molar-refractivity contribution in [2.75, 3.05) is 26.2 Å². The number of aryl methyl sites for hydroxylation is 2. The van der Waals surface area contributed by atoms with E-state index in [0.29, 0.717) is 39.0 Å². The molecule has 4 nitrogen and oxygen atoms in total. The number of rotatable bonds is 4. The zero-order valence-corrected chi connectivity index (χ0v) is 15.0. The van der Waals surface area contributed by atoms with Gasteiger partial charge in [0, 0.05) is 38.2 Å². The van der Waals surface area contributed by atoms with Crippen molar-refractivity contribution in [3.8, 4) is 0 Å². The van der Waals surface area contributed by atoms with Gasteiger partial charge in [0.2, 0.25) is 5.91 Å². The highest BCUT2D eigenvalue weighted by molar-refractivity contribution is 5.95. The average molecular weight is 354 g/mol. The highest BCUT2D eigenvalue weighted by atomic mass is 19.1. The van der Waals surface area contributed by atoms with Crippen LogP contribution < -0.4 is 0 Å². The second kappa shape index (κ2) is 8.13. The van der Waals surface area contributed by atoms with E-state index in [0.717, 1.165) is 16.7 Å². The van der Waals surface area contributed by atoms with Gasteiger partial charge in [-0.25, -0.2) is 4.39 Å². The van der Waals surface area contributed by atoms with Gasteiger partial charge in [0.1, 0.15) is 5.82 Å². The molecule has 3 rings (SSSR count). The van der Waals surface area contributed by atoms with Gasteiger partial charge < -0.3 is 9.80 Å². The Labute approximate surface area is 153 Å². The normalized spacial score (nSPS) is 14.4. The van der Waals surface area contributed by atoms with Gasteiger partial charge in [0.15, 0.2) is 0 Å². The summed E-state index contributed by atoms with van der Waals surface area (Å²) in [5, 5.41) is 0. The molecule has 0 bridgehead atoms. The van der Waals surface area contributed by atoms with E-state index in [1.165, 1.54) is 12.1 Å². The maximum atomic E-state index is 13.2. The summed E-state index contributed by atoms with van der Waals surface area (Å²) in [4.78, 5) is 28.6. The minimum atomic E-state index is -0.279. The number of benzene rings is 2. The average Bonchev–Trinajstić information content (AvgIpc) is 2.66. The summed E-state index contributed by atoms with van der Waals surface area (Å²) in [6.45, 7) is 4.09. The molecule has 2 amide bonds. The first-order valence-electron chi connectivity index (χ1n) is 8.92. The third-order valence-corrected chi connectivity index (χ3v) is 4.81. The number of piperazine rings is 1. The van der Waals surface area contributed by atoms with Crippen molar-refractivity contribution in [1.29, 1.82) is 0 Å². The maximum Gasteiger partial charge on any atom is 0.254 e. The number of carbonyl (C=O) groups excluding carboxylic acids is 2. The van der Waals surface area contributed by atoms with Gasteiger partial charge in [0.05, 0.1) is 0 Å². The van der Waals surface area contributed by atoms with Crippen molar-refractivity contribution < 1.29 is 14.0 Å². The highest BCUT2D eigenvalue weighted by Gasteiger charge is 2.25. The molecule has 1 saturated heterocycles. The van der Waals surface area contributed by atoms with Gasteiger partial charge in [-0.05, 0) is 42.7 Å². The number of hydrogen-bond acceptors (Lipinski definition) is 2. The van der Waals surface area contributed by atoms with Gasteiger partial charge in [-0.15, -0.1) is 0 Å². The summed E-state index contributed by atoms with van der Waals surface area (Å²) < 4.78 is 13.2. The van der Waals surface area contributed by atoms with Gasteiger partial charge in [0.25, 0.3) is 5.91 Å². The van der Waals surface area contributed by atoms with Crippen LogP contribution in [0.1, 0.15) is 27.9 Å². The molecule has 1 fully saturated rings. The fraction of sp³-hybridized carbons (Fsp3) is 0.333. The van der Waals surface area contributed by atoms with E-state index in [-0.39, 0.29) is 17.6 Å². The first-order chi connectivity index (χ1) is 12.5. The molecule has 0 saturated carbocycles. The Morgan fingerprint density at radius 3 is 2.35 bits per heavy atom. The molecule has 2 aromatic rings. The van der Waals surface area contributed by atoms with Crippen LogP contribution in [0.4, 0.5) is 4.39 Å². The summed E-state index contributed by atoms with van der Waals surface area (Å²) in [5.41, 5.74) is 2.51. The van der Waals surface area contributed by atoms with Crippen molar-refractivity contribution >= 4 is 11.8 Å². The fourth-order valence-electron chi connectivity index (χ4n) is 3.24. The number of halogens is 1. The van der Waals surface area contributed by atoms with Crippen LogP contribution in [0.25, 0.3) is 0 Å². The molecule has 0 aromatic heterocycles. The second-order valence-electron chi connectivity index (χ2n) is 6.62. The lowest BCUT2D eigenvalue weighted by atomic mass is 10.1. The van der Waals surface area contributed by atoms with Crippen LogP contribution in [0, 0.1) is 12.7 Å². The lowest BCUT2D eigenvalue weighted by Gasteiger charge is -2.35. The minimum Gasteiger partial charge on any atom is -0.339 e. The molecule has 1 heterocycles. The van der Waals surface area contributed by atoms with Gasteiger partial charge in [-0.1, -0.05) is 30.3 Å². The smallest absolute Gasteiger partial charge is 0.254 e. The molecule has 26 heavy (non-hydrogen) atoms. The second-order valence-corrected chi connectivity index (χ2v) is 6.62. The summed E-state index contributed by atoms with van der Waals surface area (Å²) in [6.07, 6.45) is 0.883. The molecule has 5 heteroatoms. The number of nitrogens with zero attached hydrogens (tertiary/aromatic N) is 2. The maximum absolute atomic E-state index is 13.2. The molecule has 136 valence electrons. The third kappa shape index (κ3) is 4.28. The fourth-order valence-corrected chi connectivity index (χ4v) is 3.24. The van der Waals surface area contributed by atoms with Gasteiger partial charge in [-0.2, -0.15) is 0 Å². The van der Waals surface area contributed by atoms with Crippen LogP contribution in [0.2, 0.25) is 0 Å². The minimum absolute atomic E-state index is 0.0231. The predicted octanol–water partition coefficient (Wildman–Crippen LogP) is 3.05. The monoisotopic (exact) mass is 354 g/mol. The van der Waals surface area contributed by atoms with E-state index in [1.807, 2.05) is 37.3 Å². The molecule has 2 aromatic carbocycles. The molecule has 0 unspecified atom stereocenters. The molecule has 1 aliphatic heterocycles. The lowest BCUT2D eigenvalue weighted by Crippen LogP contribution is -2.50. The van der Waals surface area contributed by atoms with Crippen LogP contribution in [0.5, 0.6) is 0 Å². The zero-order chi connectivity index (χ0) is 18.5. The number of hydrogen-bond donors (Lipinski definition) is 0. The molecule has 0 atom stereocenters. The first-order valence-corrected chi connectivity index (χ1v) is 8.92. The van der Waals surface area contributed by atoms with Crippen molar-refractivity contribution in [2.45, 2.75) is 19.8 Å². The molecule has 0 spiro atoms. The summed E-state index contributed by atoms with van der Waals surface area (Å²) in [6, 6.07) is 13.9. The molecule has 0 radical (unpaired) electrons. The summed E-state index contributed by atoms with van der Waals surface area (Å²) in [5.74, 6) is -0.203. The standard InChI is InChI=1S/C21H23FN2O2/c1-16-5-2-3-8-19(16)21(26)24-13-11-23(12-14-24)20(25)10-9-17-6-4-7-18(22)15-17/h2-8,15H,9-14H2,1H3. The van der Waals surface area contributed by atoms with E-state index in [9.17, 15) is 14.0 Å².